The van der Waals surface area contributed by atoms with Crippen LogP contribution in [0.2, 0.25) is 0 Å². The van der Waals surface area contributed by atoms with Gasteiger partial charge >= 0.3 is 0 Å². The second kappa shape index (κ2) is 5.52. The fraction of sp³-hybridized carbons (Fsp3) is 0.562. The summed E-state index contributed by atoms with van der Waals surface area (Å²) in [7, 11) is 0. The Morgan fingerprint density at radius 1 is 1.25 bits per heavy atom. The zero-order valence-electron chi connectivity index (χ0n) is 12.6. The van der Waals surface area contributed by atoms with Crippen LogP contribution < -0.4 is 5.32 Å². The third-order valence-corrected chi connectivity index (χ3v) is 3.66. The first-order chi connectivity index (χ1) is 9.28. The average Bonchev–Trinajstić information content (AvgIpc) is 2.63. The van der Waals surface area contributed by atoms with Crippen LogP contribution in [-0.4, -0.2) is 23.4 Å². The molecule has 1 heterocycles. The van der Waals surface area contributed by atoms with Crippen LogP contribution in [0.3, 0.4) is 0 Å². The van der Waals surface area contributed by atoms with Crippen molar-refractivity contribution in [2.45, 2.75) is 46.3 Å². The van der Waals surface area contributed by atoms with E-state index in [9.17, 15) is 9.18 Å². The maximum Gasteiger partial charge on any atom is 0.241 e. The number of carbonyl (C=O) groups is 1. The lowest BCUT2D eigenvalue weighted by molar-refractivity contribution is -0.130. The Labute approximate surface area is 120 Å². The molecule has 1 aromatic carbocycles. The number of hydrogen-bond acceptors (Lipinski definition) is 2. The van der Waals surface area contributed by atoms with Gasteiger partial charge in [0.05, 0.1) is 6.04 Å². The van der Waals surface area contributed by atoms with E-state index < -0.39 is 0 Å². The Hall–Kier alpha value is -1.42. The number of halogens is 1. The summed E-state index contributed by atoms with van der Waals surface area (Å²) >= 11 is 0. The van der Waals surface area contributed by atoms with Gasteiger partial charge in [-0.05, 0) is 36.5 Å². The maximum absolute atomic E-state index is 13.0. The van der Waals surface area contributed by atoms with Crippen molar-refractivity contribution >= 4 is 5.91 Å². The first-order valence-electron chi connectivity index (χ1n) is 7.10. The number of nitrogens with one attached hydrogen (secondary N) is 1. The highest BCUT2D eigenvalue weighted by Gasteiger charge is 2.37. The molecule has 2 atom stereocenters. The van der Waals surface area contributed by atoms with E-state index in [1.54, 1.807) is 12.1 Å². The van der Waals surface area contributed by atoms with Gasteiger partial charge in [-0.25, -0.2) is 4.39 Å². The smallest absolute Gasteiger partial charge is 0.241 e. The number of carbonyl (C=O) groups excluding carboxylic acids is 1. The first-order valence-corrected chi connectivity index (χ1v) is 7.10. The van der Waals surface area contributed by atoms with E-state index in [0.29, 0.717) is 6.54 Å². The van der Waals surface area contributed by atoms with Crippen molar-refractivity contribution < 1.29 is 9.18 Å². The molecule has 110 valence electrons. The van der Waals surface area contributed by atoms with Crippen LogP contribution in [0.5, 0.6) is 0 Å². The van der Waals surface area contributed by atoms with Crippen molar-refractivity contribution in [2.24, 2.45) is 5.41 Å². The fourth-order valence-corrected chi connectivity index (χ4v) is 2.39. The van der Waals surface area contributed by atoms with Gasteiger partial charge in [0.1, 0.15) is 12.0 Å². The quantitative estimate of drug-likeness (QED) is 0.921. The van der Waals surface area contributed by atoms with E-state index >= 15 is 0 Å². The molecule has 2 unspecified atom stereocenters. The number of nitrogens with zero attached hydrogens (tertiary/aromatic N) is 1. The van der Waals surface area contributed by atoms with Crippen LogP contribution in [0.4, 0.5) is 4.39 Å². The Kier molecular flexibility index (Phi) is 4.14. The van der Waals surface area contributed by atoms with E-state index in [4.69, 9.17) is 0 Å². The topological polar surface area (TPSA) is 32.3 Å². The predicted molar refractivity (Wildman–Crippen MR) is 77.5 cm³/mol. The Morgan fingerprint density at radius 2 is 1.85 bits per heavy atom. The van der Waals surface area contributed by atoms with Crippen LogP contribution in [-0.2, 0) is 4.79 Å². The van der Waals surface area contributed by atoms with Gasteiger partial charge in [-0.1, -0.05) is 32.9 Å². The summed E-state index contributed by atoms with van der Waals surface area (Å²) in [5, 5.41) is 3.28. The van der Waals surface area contributed by atoms with Gasteiger partial charge in [-0.2, -0.15) is 0 Å². The minimum Gasteiger partial charge on any atom is -0.322 e. The number of benzene rings is 1. The molecular weight excluding hydrogens is 255 g/mol. The molecule has 1 N–H and O–H groups in total. The molecule has 0 saturated carbocycles. The van der Waals surface area contributed by atoms with Crippen LogP contribution in [0.1, 0.15) is 45.8 Å². The van der Waals surface area contributed by atoms with E-state index in [2.05, 4.69) is 26.1 Å². The van der Waals surface area contributed by atoms with Gasteiger partial charge in [0.2, 0.25) is 5.91 Å². The van der Waals surface area contributed by atoms with E-state index in [0.717, 1.165) is 12.0 Å². The summed E-state index contributed by atoms with van der Waals surface area (Å²) in [6, 6.07) is 6.16. The third-order valence-electron chi connectivity index (χ3n) is 3.66. The molecule has 0 aliphatic carbocycles. The monoisotopic (exact) mass is 278 g/mol. The van der Waals surface area contributed by atoms with E-state index in [1.165, 1.54) is 12.1 Å². The van der Waals surface area contributed by atoms with Crippen LogP contribution >= 0.6 is 0 Å². The molecule has 2 rings (SSSR count). The normalized spacial score (nSPS) is 23.4. The molecule has 20 heavy (non-hydrogen) atoms. The Morgan fingerprint density at radius 3 is 2.40 bits per heavy atom. The summed E-state index contributed by atoms with van der Waals surface area (Å²) in [4.78, 5) is 14.1. The summed E-state index contributed by atoms with van der Waals surface area (Å²) in [5.41, 5.74) is 1.11. The first kappa shape index (κ1) is 15.0. The van der Waals surface area contributed by atoms with Gasteiger partial charge in [0.25, 0.3) is 0 Å². The molecule has 1 saturated heterocycles. The standard InChI is InChI=1S/C16H23FN2O/c1-11-15(20)19(10-9-16(2,3)4)14(18-11)12-5-7-13(17)8-6-12/h5-8,11,14,18H,9-10H2,1-4H3. The van der Waals surface area contributed by atoms with Gasteiger partial charge in [0, 0.05) is 6.54 Å². The molecular formula is C16H23FN2O. The minimum atomic E-state index is -0.257. The highest BCUT2D eigenvalue weighted by Crippen LogP contribution is 2.28. The number of hydrogen-bond donors (Lipinski definition) is 1. The average molecular weight is 278 g/mol. The second-order valence-electron chi connectivity index (χ2n) is 6.68. The van der Waals surface area contributed by atoms with Crippen LogP contribution in [0.25, 0.3) is 0 Å². The summed E-state index contributed by atoms with van der Waals surface area (Å²) in [6.07, 6.45) is 0.783. The molecule has 0 spiro atoms. The molecule has 3 nitrogen and oxygen atoms in total. The second-order valence-corrected chi connectivity index (χ2v) is 6.68. The highest BCUT2D eigenvalue weighted by molar-refractivity contribution is 5.84. The van der Waals surface area contributed by atoms with Crippen LogP contribution in [0, 0.1) is 11.2 Å². The molecule has 1 fully saturated rings. The molecule has 4 heteroatoms. The highest BCUT2D eigenvalue weighted by atomic mass is 19.1. The maximum atomic E-state index is 13.0. The van der Waals surface area contributed by atoms with Crippen molar-refractivity contribution in [3.63, 3.8) is 0 Å². The largest absolute Gasteiger partial charge is 0.322 e. The Bertz CT molecular complexity index is 478. The SMILES string of the molecule is CC1NC(c2ccc(F)cc2)N(CCC(C)(C)C)C1=O. The molecule has 1 amide bonds. The number of amides is 1. The van der Waals surface area contributed by atoms with Crippen molar-refractivity contribution in [1.29, 1.82) is 0 Å². The lowest BCUT2D eigenvalue weighted by Crippen LogP contribution is -2.33. The van der Waals surface area contributed by atoms with E-state index in [1.807, 2.05) is 11.8 Å². The van der Waals surface area contributed by atoms with E-state index in [-0.39, 0.29) is 29.3 Å². The van der Waals surface area contributed by atoms with Gasteiger partial charge in [-0.3, -0.25) is 10.1 Å². The molecule has 1 aliphatic rings. The summed E-state index contributed by atoms with van der Waals surface area (Å²) in [6.45, 7) is 9.07. The minimum absolute atomic E-state index is 0.114. The van der Waals surface area contributed by atoms with Crippen molar-refractivity contribution in [3.05, 3.63) is 35.6 Å². The molecule has 1 aromatic rings. The van der Waals surface area contributed by atoms with Crippen LogP contribution in [0.15, 0.2) is 24.3 Å². The zero-order valence-corrected chi connectivity index (χ0v) is 12.6. The summed E-state index contributed by atoms with van der Waals surface area (Å²) < 4.78 is 13.0. The lowest BCUT2D eigenvalue weighted by atomic mass is 9.92. The fourth-order valence-electron chi connectivity index (χ4n) is 2.39. The van der Waals surface area contributed by atoms with Gasteiger partial charge < -0.3 is 4.90 Å². The van der Waals surface area contributed by atoms with Gasteiger partial charge in [0.15, 0.2) is 0 Å². The predicted octanol–water partition coefficient (Wildman–Crippen LogP) is 3.08. The van der Waals surface area contributed by atoms with Gasteiger partial charge in [-0.15, -0.1) is 0 Å². The third kappa shape index (κ3) is 3.37. The number of rotatable bonds is 3. The molecule has 0 radical (unpaired) electrons. The molecule has 0 aromatic heterocycles. The lowest BCUT2D eigenvalue weighted by Gasteiger charge is -2.28. The zero-order chi connectivity index (χ0) is 14.9. The van der Waals surface area contributed by atoms with Crippen molar-refractivity contribution in [2.75, 3.05) is 6.54 Å². The summed E-state index contributed by atoms with van der Waals surface area (Å²) in [5.74, 6) is -0.143. The van der Waals surface area contributed by atoms with Crippen molar-refractivity contribution in [3.8, 4) is 0 Å². The van der Waals surface area contributed by atoms with Crippen molar-refractivity contribution in [1.82, 2.24) is 10.2 Å². The molecule has 1 aliphatic heterocycles. The Balaban J connectivity index is 2.17. The molecule has 0 bridgehead atoms.